The van der Waals surface area contributed by atoms with E-state index in [0.29, 0.717) is 25.3 Å². The largest absolute Gasteiger partial charge is 0.493 e. The molecule has 1 heterocycles. The third kappa shape index (κ3) is 3.27. The average molecular weight is 354 g/mol. The molecular weight excluding hydrogens is 328 g/mol. The third-order valence-electron chi connectivity index (χ3n) is 4.71. The maximum Gasteiger partial charge on any atom is 0.258 e. The van der Waals surface area contributed by atoms with Gasteiger partial charge in [0.25, 0.3) is 5.91 Å². The Labute approximate surface area is 154 Å². The second-order valence-corrected chi connectivity index (χ2v) is 6.54. The number of amides is 1. The number of para-hydroxylation sites is 2. The predicted octanol–water partition coefficient (Wildman–Crippen LogP) is 3.86. The van der Waals surface area contributed by atoms with Gasteiger partial charge in [-0.25, -0.2) is 0 Å². The van der Waals surface area contributed by atoms with Gasteiger partial charge in [-0.15, -0.1) is 0 Å². The van der Waals surface area contributed by atoms with E-state index in [9.17, 15) is 4.79 Å². The van der Waals surface area contributed by atoms with E-state index in [-0.39, 0.29) is 5.91 Å². The van der Waals surface area contributed by atoms with Crippen molar-refractivity contribution >= 4 is 11.6 Å². The van der Waals surface area contributed by atoms with Crippen LogP contribution in [0.2, 0.25) is 0 Å². The molecule has 0 spiro atoms. The summed E-state index contributed by atoms with van der Waals surface area (Å²) in [5.74, 6) is 0.781. The molecule has 1 atom stereocenters. The number of ether oxygens (including phenoxy) is 2. The van der Waals surface area contributed by atoms with Gasteiger partial charge in [0.15, 0.2) is 0 Å². The van der Waals surface area contributed by atoms with Crippen molar-refractivity contribution in [2.24, 2.45) is 0 Å². The number of benzene rings is 2. The molecule has 1 aliphatic heterocycles. The first-order valence-corrected chi connectivity index (χ1v) is 9.02. The fraction of sp³-hybridized carbons (Fsp3) is 0.381. The zero-order valence-electron chi connectivity index (χ0n) is 15.6. The summed E-state index contributed by atoms with van der Waals surface area (Å²) in [7, 11) is 1.64. The summed E-state index contributed by atoms with van der Waals surface area (Å²) in [6.07, 6.45) is 0.924. The van der Waals surface area contributed by atoms with Crippen LogP contribution < -0.4 is 10.1 Å². The molecule has 0 saturated heterocycles. The molecule has 1 aliphatic rings. The van der Waals surface area contributed by atoms with Gasteiger partial charge in [-0.1, -0.05) is 37.3 Å². The van der Waals surface area contributed by atoms with Crippen LogP contribution in [0.4, 0.5) is 5.69 Å². The molecule has 0 aromatic heterocycles. The normalized spacial score (nSPS) is 19.0. The topological polar surface area (TPSA) is 50.8 Å². The number of nitrogens with zero attached hydrogens (tertiary/aromatic N) is 1. The van der Waals surface area contributed by atoms with E-state index >= 15 is 0 Å². The Balaban J connectivity index is 2.09. The van der Waals surface area contributed by atoms with Crippen molar-refractivity contribution in [3.8, 4) is 5.75 Å². The lowest BCUT2D eigenvalue weighted by Gasteiger charge is -2.47. The lowest BCUT2D eigenvalue weighted by molar-refractivity contribution is 0.0431. The van der Waals surface area contributed by atoms with E-state index in [2.05, 4.69) is 12.2 Å². The van der Waals surface area contributed by atoms with Crippen LogP contribution in [0.15, 0.2) is 48.5 Å². The van der Waals surface area contributed by atoms with Crippen LogP contribution in [0, 0.1) is 0 Å². The third-order valence-corrected chi connectivity index (χ3v) is 4.71. The number of fused-ring (bicyclic) bond motifs is 1. The number of nitrogens with one attached hydrogen (secondary N) is 1. The summed E-state index contributed by atoms with van der Waals surface area (Å²) in [5, 5.41) is 3.57. The lowest BCUT2D eigenvalue weighted by Crippen LogP contribution is -2.56. The summed E-state index contributed by atoms with van der Waals surface area (Å²) in [5.41, 5.74) is 1.72. The quantitative estimate of drug-likeness (QED) is 0.820. The standard InChI is InChI=1S/C21H26N2O3/c1-4-14-26-19-12-8-6-10-17(19)21(2)22-18-11-7-5-9-16(18)20(24)23(21)13-15-25-3/h5-12,22H,4,13-15H2,1-3H3. The molecule has 2 aromatic rings. The molecule has 5 heteroatoms. The number of carbonyl (C=O) groups excluding carboxylic acids is 1. The Morgan fingerprint density at radius 2 is 1.81 bits per heavy atom. The highest BCUT2D eigenvalue weighted by Crippen LogP contribution is 2.41. The van der Waals surface area contributed by atoms with Crippen LogP contribution in [0.25, 0.3) is 0 Å². The summed E-state index contributed by atoms with van der Waals surface area (Å²) in [4.78, 5) is 15.1. The summed E-state index contributed by atoms with van der Waals surface area (Å²) < 4.78 is 11.2. The molecule has 0 aliphatic carbocycles. The molecule has 5 nitrogen and oxygen atoms in total. The first kappa shape index (κ1) is 18.3. The van der Waals surface area contributed by atoms with Crippen LogP contribution >= 0.6 is 0 Å². The van der Waals surface area contributed by atoms with Crippen molar-refractivity contribution in [3.05, 3.63) is 59.7 Å². The molecule has 1 amide bonds. The van der Waals surface area contributed by atoms with Gasteiger partial charge in [-0.05, 0) is 31.5 Å². The molecule has 1 unspecified atom stereocenters. The van der Waals surface area contributed by atoms with Gasteiger partial charge >= 0.3 is 0 Å². The van der Waals surface area contributed by atoms with Crippen molar-refractivity contribution in [1.29, 1.82) is 0 Å². The number of methoxy groups -OCH3 is 1. The minimum Gasteiger partial charge on any atom is -0.493 e. The second kappa shape index (κ2) is 7.79. The first-order chi connectivity index (χ1) is 12.6. The monoisotopic (exact) mass is 354 g/mol. The number of hydrogen-bond acceptors (Lipinski definition) is 4. The average Bonchev–Trinajstić information content (AvgIpc) is 2.66. The van der Waals surface area contributed by atoms with Crippen LogP contribution in [0.1, 0.15) is 36.2 Å². The molecule has 0 fully saturated rings. The summed E-state index contributed by atoms with van der Waals surface area (Å²) >= 11 is 0. The van der Waals surface area contributed by atoms with Gasteiger partial charge in [0.2, 0.25) is 0 Å². The molecular formula is C21H26N2O3. The fourth-order valence-electron chi connectivity index (χ4n) is 3.38. The van der Waals surface area contributed by atoms with Gasteiger partial charge in [-0.3, -0.25) is 4.79 Å². The predicted molar refractivity (Wildman–Crippen MR) is 103 cm³/mol. The Hall–Kier alpha value is -2.53. The number of anilines is 1. The van der Waals surface area contributed by atoms with Gasteiger partial charge in [0, 0.05) is 24.9 Å². The molecule has 0 radical (unpaired) electrons. The van der Waals surface area contributed by atoms with Crippen molar-refractivity contribution in [2.75, 3.05) is 32.2 Å². The Morgan fingerprint density at radius 3 is 2.58 bits per heavy atom. The maximum absolute atomic E-state index is 13.2. The van der Waals surface area contributed by atoms with Crippen molar-refractivity contribution in [3.63, 3.8) is 0 Å². The van der Waals surface area contributed by atoms with Crippen LogP contribution in [0.5, 0.6) is 5.75 Å². The van der Waals surface area contributed by atoms with Crippen LogP contribution in [-0.2, 0) is 10.4 Å². The van der Waals surface area contributed by atoms with E-state index in [1.165, 1.54) is 0 Å². The lowest BCUT2D eigenvalue weighted by atomic mass is 9.93. The van der Waals surface area contributed by atoms with E-state index in [1.807, 2.05) is 60.4 Å². The SMILES string of the molecule is CCCOc1ccccc1C1(C)Nc2ccccc2C(=O)N1CCOC. The van der Waals surface area contributed by atoms with Crippen molar-refractivity contribution in [2.45, 2.75) is 25.9 Å². The van der Waals surface area contributed by atoms with E-state index in [1.54, 1.807) is 7.11 Å². The Bertz CT molecular complexity index is 777. The number of carbonyl (C=O) groups is 1. The zero-order valence-corrected chi connectivity index (χ0v) is 15.6. The van der Waals surface area contributed by atoms with Crippen molar-refractivity contribution in [1.82, 2.24) is 4.90 Å². The summed E-state index contributed by atoms with van der Waals surface area (Å²) in [6.45, 7) is 5.67. The smallest absolute Gasteiger partial charge is 0.258 e. The molecule has 26 heavy (non-hydrogen) atoms. The number of hydrogen-bond donors (Lipinski definition) is 1. The molecule has 1 N–H and O–H groups in total. The Kier molecular flexibility index (Phi) is 5.47. The van der Waals surface area contributed by atoms with E-state index in [0.717, 1.165) is 23.4 Å². The highest BCUT2D eigenvalue weighted by Gasteiger charge is 2.43. The molecule has 0 saturated carbocycles. The number of rotatable bonds is 7. The van der Waals surface area contributed by atoms with Crippen molar-refractivity contribution < 1.29 is 14.3 Å². The highest BCUT2D eigenvalue weighted by molar-refractivity contribution is 6.02. The fourth-order valence-corrected chi connectivity index (χ4v) is 3.38. The van der Waals surface area contributed by atoms with Gasteiger partial charge in [-0.2, -0.15) is 0 Å². The van der Waals surface area contributed by atoms with Crippen LogP contribution in [-0.4, -0.2) is 37.7 Å². The molecule has 2 aromatic carbocycles. The molecule has 0 bridgehead atoms. The Morgan fingerprint density at radius 1 is 1.08 bits per heavy atom. The highest BCUT2D eigenvalue weighted by atomic mass is 16.5. The molecule has 138 valence electrons. The first-order valence-electron chi connectivity index (χ1n) is 9.02. The summed E-state index contributed by atoms with van der Waals surface area (Å²) in [6, 6.07) is 15.5. The maximum atomic E-state index is 13.2. The van der Waals surface area contributed by atoms with E-state index in [4.69, 9.17) is 9.47 Å². The van der Waals surface area contributed by atoms with Gasteiger partial charge in [0.1, 0.15) is 11.4 Å². The minimum absolute atomic E-state index is 0.0100. The minimum atomic E-state index is -0.728. The van der Waals surface area contributed by atoms with Gasteiger partial charge in [0.05, 0.1) is 18.8 Å². The zero-order chi connectivity index (χ0) is 18.6. The second-order valence-electron chi connectivity index (χ2n) is 6.54. The van der Waals surface area contributed by atoms with E-state index < -0.39 is 5.66 Å². The van der Waals surface area contributed by atoms with Crippen LogP contribution in [0.3, 0.4) is 0 Å². The van der Waals surface area contributed by atoms with Gasteiger partial charge < -0.3 is 19.7 Å². The molecule has 3 rings (SSSR count).